The molecule has 1 rings (SSSR count). The molecule has 7 heteroatoms. The fourth-order valence-corrected chi connectivity index (χ4v) is 3.87. The van der Waals surface area contributed by atoms with Gasteiger partial charge in [-0.1, -0.05) is 0 Å². The van der Waals surface area contributed by atoms with Crippen molar-refractivity contribution < 1.29 is 17.9 Å². The molecule has 1 heterocycles. The van der Waals surface area contributed by atoms with Crippen LogP contribution in [-0.2, 0) is 14.6 Å². The van der Waals surface area contributed by atoms with Crippen LogP contribution in [0.3, 0.4) is 0 Å². The highest BCUT2D eigenvalue weighted by molar-refractivity contribution is 7.91. The summed E-state index contributed by atoms with van der Waals surface area (Å²) in [6.07, 6.45) is 1.92. The van der Waals surface area contributed by atoms with Gasteiger partial charge in [-0.25, -0.2) is 13.2 Å². The van der Waals surface area contributed by atoms with Gasteiger partial charge in [-0.05, 0) is 53.5 Å². The van der Waals surface area contributed by atoms with Gasteiger partial charge < -0.3 is 15.0 Å². The van der Waals surface area contributed by atoms with Gasteiger partial charge in [-0.3, -0.25) is 0 Å². The Morgan fingerprint density at radius 1 is 1.27 bits per heavy atom. The third-order valence-electron chi connectivity index (χ3n) is 3.63. The van der Waals surface area contributed by atoms with Crippen LogP contribution in [0.1, 0.15) is 47.0 Å². The fraction of sp³-hybridized carbons (Fsp3) is 0.933. The topological polar surface area (TPSA) is 75.7 Å². The van der Waals surface area contributed by atoms with Gasteiger partial charge in [0.05, 0.1) is 11.5 Å². The first-order chi connectivity index (χ1) is 10.1. The second-order valence-corrected chi connectivity index (χ2v) is 9.10. The van der Waals surface area contributed by atoms with Crippen LogP contribution in [0.4, 0.5) is 4.79 Å². The van der Waals surface area contributed by atoms with Crippen molar-refractivity contribution in [3.8, 4) is 0 Å². The van der Waals surface area contributed by atoms with Crippen LogP contribution < -0.4 is 5.32 Å². The lowest BCUT2D eigenvalue weighted by molar-refractivity contribution is 0.0258. The van der Waals surface area contributed by atoms with Crippen LogP contribution in [0.2, 0.25) is 0 Å². The number of hydrogen-bond acceptors (Lipinski definition) is 5. The fourth-order valence-electron chi connectivity index (χ4n) is 2.38. The second kappa shape index (κ2) is 8.15. The molecule has 1 N–H and O–H groups in total. The van der Waals surface area contributed by atoms with Gasteiger partial charge in [0.1, 0.15) is 15.4 Å². The summed E-state index contributed by atoms with van der Waals surface area (Å²) in [5.74, 6) is 0.563. The van der Waals surface area contributed by atoms with Gasteiger partial charge in [0.2, 0.25) is 0 Å². The zero-order valence-corrected chi connectivity index (χ0v) is 15.0. The maximum absolute atomic E-state index is 12.0. The van der Waals surface area contributed by atoms with E-state index in [2.05, 4.69) is 5.32 Å². The first kappa shape index (κ1) is 19.2. The lowest BCUT2D eigenvalue weighted by atomic mass is 10.1. The summed E-state index contributed by atoms with van der Waals surface area (Å²) in [7, 11) is -2.80. The molecule has 0 aromatic rings. The Morgan fingerprint density at radius 2 is 1.86 bits per heavy atom. The molecule has 130 valence electrons. The molecule has 0 aromatic heterocycles. The van der Waals surface area contributed by atoms with Crippen molar-refractivity contribution in [2.75, 3.05) is 31.1 Å². The Bertz CT molecular complexity index is 443. The predicted molar refractivity (Wildman–Crippen MR) is 87.8 cm³/mol. The van der Waals surface area contributed by atoms with E-state index >= 15 is 0 Å². The number of carbonyl (C=O) groups excluding carboxylic acids is 1. The predicted octanol–water partition coefficient (Wildman–Crippen LogP) is 1.80. The van der Waals surface area contributed by atoms with Crippen molar-refractivity contribution >= 4 is 15.9 Å². The molecule has 0 spiro atoms. The van der Waals surface area contributed by atoms with Crippen LogP contribution >= 0.6 is 0 Å². The molecule has 0 bridgehead atoms. The highest BCUT2D eigenvalue weighted by Crippen LogP contribution is 2.12. The van der Waals surface area contributed by atoms with Crippen molar-refractivity contribution in [2.24, 2.45) is 0 Å². The molecule has 22 heavy (non-hydrogen) atoms. The van der Waals surface area contributed by atoms with Crippen molar-refractivity contribution in [1.82, 2.24) is 10.2 Å². The number of carbonyl (C=O) groups is 1. The Balaban J connectivity index is 2.23. The van der Waals surface area contributed by atoms with Gasteiger partial charge in [-0.15, -0.1) is 0 Å². The first-order valence-electron chi connectivity index (χ1n) is 8.04. The Morgan fingerprint density at radius 3 is 2.36 bits per heavy atom. The SMILES string of the molecule is CCN(CCCNC1CCS(=O)(=O)CC1)C(=O)OC(C)(C)C. The zero-order chi connectivity index (χ0) is 16.8. The molecule has 1 aliphatic heterocycles. The smallest absolute Gasteiger partial charge is 0.410 e. The average molecular weight is 334 g/mol. The van der Waals surface area contributed by atoms with E-state index in [1.807, 2.05) is 27.7 Å². The van der Waals surface area contributed by atoms with E-state index in [1.54, 1.807) is 4.90 Å². The molecule has 1 fully saturated rings. The van der Waals surface area contributed by atoms with Gasteiger partial charge in [0, 0.05) is 19.1 Å². The Labute approximate surface area is 134 Å². The molecule has 1 saturated heterocycles. The minimum Gasteiger partial charge on any atom is -0.444 e. The number of ether oxygens (including phenoxy) is 1. The van der Waals surface area contributed by atoms with Gasteiger partial charge in [-0.2, -0.15) is 0 Å². The molecule has 1 aliphatic rings. The lowest BCUT2D eigenvalue weighted by Gasteiger charge is -2.27. The number of rotatable bonds is 6. The standard InChI is InChI=1S/C15H30N2O4S/c1-5-17(14(18)21-15(2,3)4)10-6-9-16-13-7-11-22(19,20)12-8-13/h13,16H,5-12H2,1-4H3. The number of sulfone groups is 1. The van der Waals surface area contributed by atoms with E-state index in [-0.39, 0.29) is 23.6 Å². The zero-order valence-electron chi connectivity index (χ0n) is 14.2. The molecule has 1 amide bonds. The highest BCUT2D eigenvalue weighted by Gasteiger charge is 2.23. The normalized spacial score (nSPS) is 18.9. The van der Waals surface area contributed by atoms with Gasteiger partial charge in [0.15, 0.2) is 0 Å². The van der Waals surface area contributed by atoms with Crippen LogP contribution in [-0.4, -0.2) is 62.2 Å². The number of nitrogens with one attached hydrogen (secondary N) is 1. The van der Waals surface area contributed by atoms with Crippen molar-refractivity contribution in [3.05, 3.63) is 0 Å². The third-order valence-corrected chi connectivity index (χ3v) is 5.34. The van der Waals surface area contributed by atoms with Gasteiger partial charge >= 0.3 is 6.09 Å². The number of amides is 1. The number of nitrogens with zero attached hydrogens (tertiary/aromatic N) is 1. The summed E-state index contributed by atoms with van der Waals surface area (Å²) in [6, 6.07) is 0.278. The van der Waals surface area contributed by atoms with Gasteiger partial charge in [0.25, 0.3) is 0 Å². The molecular formula is C15H30N2O4S. The summed E-state index contributed by atoms with van der Waals surface area (Å²) < 4.78 is 28.1. The largest absolute Gasteiger partial charge is 0.444 e. The number of hydrogen-bond donors (Lipinski definition) is 1. The molecular weight excluding hydrogens is 304 g/mol. The Hall–Kier alpha value is -0.820. The van der Waals surface area contributed by atoms with Crippen LogP contribution in [0.15, 0.2) is 0 Å². The molecule has 0 radical (unpaired) electrons. The summed E-state index contributed by atoms with van der Waals surface area (Å²) in [6.45, 7) is 9.56. The third kappa shape index (κ3) is 7.45. The van der Waals surface area contributed by atoms with Crippen LogP contribution in [0.5, 0.6) is 0 Å². The maximum atomic E-state index is 12.0. The maximum Gasteiger partial charge on any atom is 0.410 e. The lowest BCUT2D eigenvalue weighted by Crippen LogP contribution is -2.40. The van der Waals surface area contributed by atoms with Crippen molar-refractivity contribution in [3.63, 3.8) is 0 Å². The first-order valence-corrected chi connectivity index (χ1v) is 9.87. The quantitative estimate of drug-likeness (QED) is 0.750. The minimum atomic E-state index is -2.80. The van der Waals surface area contributed by atoms with Crippen LogP contribution in [0, 0.1) is 0 Å². The van der Waals surface area contributed by atoms with E-state index in [0.29, 0.717) is 25.9 Å². The highest BCUT2D eigenvalue weighted by atomic mass is 32.2. The summed E-state index contributed by atoms with van der Waals surface area (Å²) in [5, 5.41) is 3.38. The molecule has 0 aliphatic carbocycles. The summed E-state index contributed by atoms with van der Waals surface area (Å²) in [5.41, 5.74) is -0.476. The van der Waals surface area contributed by atoms with E-state index < -0.39 is 15.4 Å². The van der Waals surface area contributed by atoms with E-state index in [0.717, 1.165) is 13.0 Å². The average Bonchev–Trinajstić information content (AvgIpc) is 2.38. The summed E-state index contributed by atoms with van der Waals surface area (Å²) >= 11 is 0. The monoisotopic (exact) mass is 334 g/mol. The van der Waals surface area contributed by atoms with Crippen molar-refractivity contribution in [2.45, 2.75) is 58.6 Å². The minimum absolute atomic E-state index is 0.278. The summed E-state index contributed by atoms with van der Waals surface area (Å²) in [4.78, 5) is 13.7. The molecule has 0 atom stereocenters. The molecule has 6 nitrogen and oxygen atoms in total. The van der Waals surface area contributed by atoms with E-state index in [4.69, 9.17) is 4.74 Å². The Kier molecular flexibility index (Phi) is 7.12. The molecule has 0 unspecified atom stereocenters. The van der Waals surface area contributed by atoms with Crippen molar-refractivity contribution in [1.29, 1.82) is 0 Å². The van der Waals surface area contributed by atoms with E-state index in [9.17, 15) is 13.2 Å². The van der Waals surface area contributed by atoms with Crippen LogP contribution in [0.25, 0.3) is 0 Å². The molecule has 0 saturated carbocycles. The second-order valence-electron chi connectivity index (χ2n) is 6.79. The molecule has 0 aromatic carbocycles. The van der Waals surface area contributed by atoms with E-state index in [1.165, 1.54) is 0 Å².